The largest absolute Gasteiger partial charge is 0.331 e. The number of benzene rings is 1. The van der Waals surface area contributed by atoms with Crippen LogP contribution in [0.4, 0.5) is 4.39 Å². The molecule has 0 saturated heterocycles. The van der Waals surface area contributed by atoms with E-state index in [2.05, 4.69) is 20.9 Å². The summed E-state index contributed by atoms with van der Waals surface area (Å²) in [6.45, 7) is 2.55. The van der Waals surface area contributed by atoms with Crippen LogP contribution in [-0.2, 0) is 6.54 Å². The molecule has 0 bridgehead atoms. The predicted octanol–water partition coefficient (Wildman–Crippen LogP) is 3.14. The molecule has 0 aliphatic rings. The van der Waals surface area contributed by atoms with Crippen molar-refractivity contribution in [2.75, 3.05) is 0 Å². The van der Waals surface area contributed by atoms with Gasteiger partial charge < -0.3 is 4.57 Å². The van der Waals surface area contributed by atoms with Gasteiger partial charge in [0.2, 0.25) is 0 Å². The van der Waals surface area contributed by atoms with Crippen LogP contribution in [0.3, 0.4) is 0 Å². The van der Waals surface area contributed by atoms with Gasteiger partial charge in [-0.25, -0.2) is 9.37 Å². The Morgan fingerprint density at radius 2 is 2.27 bits per heavy atom. The Labute approximate surface area is 95.9 Å². The first-order valence-corrected chi connectivity index (χ1v) is 5.38. The molecule has 1 aromatic heterocycles. The maximum atomic E-state index is 13.2. The zero-order valence-corrected chi connectivity index (χ0v) is 9.83. The first-order valence-electron chi connectivity index (χ1n) is 4.59. The molecule has 0 radical (unpaired) electrons. The molecule has 15 heavy (non-hydrogen) atoms. The quantitative estimate of drug-likeness (QED) is 0.819. The Balaban J connectivity index is 2.33. The maximum absolute atomic E-state index is 13.2. The second kappa shape index (κ2) is 4.14. The Morgan fingerprint density at radius 3 is 2.93 bits per heavy atom. The van der Waals surface area contributed by atoms with Crippen LogP contribution in [0.1, 0.15) is 11.4 Å². The molecule has 0 aliphatic carbocycles. The van der Waals surface area contributed by atoms with Crippen molar-refractivity contribution in [2.45, 2.75) is 13.5 Å². The molecule has 0 unspecified atom stereocenters. The van der Waals surface area contributed by atoms with Crippen LogP contribution >= 0.6 is 15.9 Å². The fraction of sp³-hybridized carbons (Fsp3) is 0.182. The number of nitrogens with zero attached hydrogens (tertiary/aromatic N) is 2. The molecule has 2 nitrogen and oxygen atoms in total. The number of imidazole rings is 1. The molecule has 4 heteroatoms. The van der Waals surface area contributed by atoms with E-state index in [4.69, 9.17) is 0 Å². The van der Waals surface area contributed by atoms with E-state index in [-0.39, 0.29) is 5.82 Å². The summed E-state index contributed by atoms with van der Waals surface area (Å²) in [4.78, 5) is 4.12. The number of aromatic nitrogens is 2. The van der Waals surface area contributed by atoms with Crippen molar-refractivity contribution in [3.05, 3.63) is 52.3 Å². The first-order chi connectivity index (χ1) is 7.18. The number of rotatable bonds is 2. The Kier molecular flexibility index (Phi) is 2.86. The minimum absolute atomic E-state index is 0.231. The number of aryl methyl sites for hydroxylation is 1. The van der Waals surface area contributed by atoms with E-state index in [0.29, 0.717) is 11.0 Å². The molecule has 0 atom stereocenters. The van der Waals surface area contributed by atoms with E-state index >= 15 is 0 Å². The highest BCUT2D eigenvalue weighted by Crippen LogP contribution is 2.21. The van der Waals surface area contributed by atoms with E-state index in [9.17, 15) is 4.39 Å². The summed E-state index contributed by atoms with van der Waals surface area (Å²) in [7, 11) is 0. The van der Waals surface area contributed by atoms with Gasteiger partial charge in [0.15, 0.2) is 0 Å². The van der Waals surface area contributed by atoms with E-state index in [1.165, 1.54) is 6.07 Å². The van der Waals surface area contributed by atoms with Crippen molar-refractivity contribution in [3.63, 3.8) is 0 Å². The average Bonchev–Trinajstić information content (AvgIpc) is 2.60. The molecular formula is C11H10BrFN2. The second-order valence-corrected chi connectivity index (χ2v) is 4.11. The molecule has 1 aromatic carbocycles. The molecule has 0 N–H and O–H groups in total. The average molecular weight is 269 g/mol. The van der Waals surface area contributed by atoms with Crippen molar-refractivity contribution in [1.82, 2.24) is 9.55 Å². The van der Waals surface area contributed by atoms with Gasteiger partial charge in [-0.2, -0.15) is 0 Å². The third-order valence-corrected chi connectivity index (χ3v) is 3.18. The standard InChI is InChI=1S/C11H10BrFN2/c1-8-14-5-6-15(8)7-9-3-2-4-10(13)11(9)12/h2-6H,7H2,1H3. The fourth-order valence-corrected chi connectivity index (χ4v) is 1.81. The summed E-state index contributed by atoms with van der Waals surface area (Å²) < 4.78 is 15.7. The van der Waals surface area contributed by atoms with Gasteiger partial charge in [-0.05, 0) is 34.5 Å². The molecule has 0 fully saturated rings. The molecule has 0 aliphatic heterocycles. The highest BCUT2D eigenvalue weighted by atomic mass is 79.9. The maximum Gasteiger partial charge on any atom is 0.137 e. The fourth-order valence-electron chi connectivity index (χ4n) is 1.42. The second-order valence-electron chi connectivity index (χ2n) is 3.32. The summed E-state index contributed by atoms with van der Waals surface area (Å²) in [5, 5.41) is 0. The smallest absolute Gasteiger partial charge is 0.137 e. The van der Waals surface area contributed by atoms with Crippen molar-refractivity contribution >= 4 is 15.9 Å². The molecule has 0 spiro atoms. The van der Waals surface area contributed by atoms with Crippen molar-refractivity contribution in [1.29, 1.82) is 0 Å². The van der Waals surface area contributed by atoms with E-state index in [1.54, 1.807) is 12.3 Å². The van der Waals surface area contributed by atoms with E-state index in [1.807, 2.05) is 23.8 Å². The van der Waals surface area contributed by atoms with Gasteiger partial charge >= 0.3 is 0 Å². The van der Waals surface area contributed by atoms with E-state index < -0.39 is 0 Å². The van der Waals surface area contributed by atoms with Crippen molar-refractivity contribution in [3.8, 4) is 0 Å². The number of halogens is 2. The van der Waals surface area contributed by atoms with Crippen molar-refractivity contribution in [2.24, 2.45) is 0 Å². The van der Waals surface area contributed by atoms with Crippen LogP contribution in [0, 0.1) is 12.7 Å². The van der Waals surface area contributed by atoms with Gasteiger partial charge in [-0.3, -0.25) is 0 Å². The molecule has 0 amide bonds. The van der Waals surface area contributed by atoms with Gasteiger partial charge in [0.05, 0.1) is 4.47 Å². The summed E-state index contributed by atoms with van der Waals surface area (Å²) >= 11 is 3.24. The van der Waals surface area contributed by atoms with Crippen LogP contribution in [0.5, 0.6) is 0 Å². The lowest BCUT2D eigenvalue weighted by Gasteiger charge is -2.07. The number of hydrogen-bond acceptors (Lipinski definition) is 1. The Hall–Kier alpha value is -1.16. The van der Waals surface area contributed by atoms with Crippen molar-refractivity contribution < 1.29 is 4.39 Å². The number of hydrogen-bond donors (Lipinski definition) is 0. The normalized spacial score (nSPS) is 10.6. The van der Waals surface area contributed by atoms with Crippen LogP contribution < -0.4 is 0 Å². The third-order valence-electron chi connectivity index (χ3n) is 2.30. The van der Waals surface area contributed by atoms with Crippen LogP contribution in [0.25, 0.3) is 0 Å². The summed E-state index contributed by atoms with van der Waals surface area (Å²) in [5.41, 5.74) is 0.913. The van der Waals surface area contributed by atoms with Gasteiger partial charge in [-0.15, -0.1) is 0 Å². The summed E-state index contributed by atoms with van der Waals surface area (Å²) in [6, 6.07) is 5.04. The summed E-state index contributed by atoms with van der Waals surface area (Å²) in [6.07, 6.45) is 3.62. The van der Waals surface area contributed by atoms with Gasteiger partial charge in [0.25, 0.3) is 0 Å². The predicted molar refractivity (Wildman–Crippen MR) is 60.2 cm³/mol. The molecule has 0 saturated carbocycles. The van der Waals surface area contributed by atoms with Crippen LogP contribution in [-0.4, -0.2) is 9.55 Å². The summed E-state index contributed by atoms with van der Waals surface area (Å²) in [5.74, 6) is 0.691. The highest BCUT2D eigenvalue weighted by Gasteiger charge is 2.06. The van der Waals surface area contributed by atoms with Gasteiger partial charge in [0, 0.05) is 18.9 Å². The SMILES string of the molecule is Cc1nccn1Cc1cccc(F)c1Br. The molecule has 2 aromatic rings. The minimum atomic E-state index is -0.231. The first kappa shape index (κ1) is 10.4. The molecule has 2 rings (SSSR count). The van der Waals surface area contributed by atoms with Gasteiger partial charge in [0.1, 0.15) is 11.6 Å². The topological polar surface area (TPSA) is 17.8 Å². The van der Waals surface area contributed by atoms with Gasteiger partial charge in [-0.1, -0.05) is 12.1 Å². The Morgan fingerprint density at radius 1 is 1.47 bits per heavy atom. The molecule has 1 heterocycles. The van der Waals surface area contributed by atoms with E-state index in [0.717, 1.165) is 11.4 Å². The highest BCUT2D eigenvalue weighted by molar-refractivity contribution is 9.10. The van der Waals surface area contributed by atoms with Crippen LogP contribution in [0.15, 0.2) is 35.1 Å². The van der Waals surface area contributed by atoms with Crippen LogP contribution in [0.2, 0.25) is 0 Å². The zero-order chi connectivity index (χ0) is 10.8. The third kappa shape index (κ3) is 2.09. The lowest BCUT2D eigenvalue weighted by Crippen LogP contribution is -2.02. The minimum Gasteiger partial charge on any atom is -0.331 e. The molecule has 78 valence electrons. The monoisotopic (exact) mass is 268 g/mol. The Bertz CT molecular complexity index is 479. The zero-order valence-electron chi connectivity index (χ0n) is 8.24. The molecular weight excluding hydrogens is 259 g/mol. The lowest BCUT2D eigenvalue weighted by atomic mass is 10.2. The lowest BCUT2D eigenvalue weighted by molar-refractivity contribution is 0.615.